The number of hydrogen-bond donors (Lipinski definition) is 2. The molecule has 2 N–H and O–H groups in total. The van der Waals surface area contributed by atoms with E-state index in [1.54, 1.807) is 7.11 Å². The topological polar surface area (TPSA) is 75.6 Å². The van der Waals surface area contributed by atoms with Gasteiger partial charge in [-0.25, -0.2) is 0 Å². The van der Waals surface area contributed by atoms with Gasteiger partial charge in [0.25, 0.3) is 5.91 Å². The first-order valence-electron chi connectivity index (χ1n) is 6.16. The molecule has 1 rings (SSSR count). The molecular weight excluding hydrogens is 222 g/mol. The summed E-state index contributed by atoms with van der Waals surface area (Å²) in [5.41, 5.74) is -0.582. The van der Waals surface area contributed by atoms with E-state index >= 15 is 0 Å². The molecule has 1 aliphatic rings. The second kappa shape index (κ2) is 6.59. The number of hydrogen-bond acceptors (Lipinski definition) is 3. The maximum absolute atomic E-state index is 11.8. The van der Waals surface area contributed by atoms with Crippen LogP contribution < -0.4 is 5.32 Å². The van der Waals surface area contributed by atoms with Crippen LogP contribution in [0.2, 0.25) is 0 Å². The second-order valence-electron chi connectivity index (χ2n) is 4.51. The van der Waals surface area contributed by atoms with Gasteiger partial charge in [-0.1, -0.05) is 6.42 Å². The number of aliphatic carboxylic acids is 1. The normalized spacial score (nSPS) is 17.2. The Morgan fingerprint density at radius 3 is 2.47 bits per heavy atom. The minimum atomic E-state index is -0.762. The van der Waals surface area contributed by atoms with Gasteiger partial charge in [0.05, 0.1) is 0 Å². The Morgan fingerprint density at radius 2 is 2.00 bits per heavy atom. The molecule has 0 atom stereocenters. The highest BCUT2D eigenvalue weighted by molar-refractivity contribution is 5.86. The third kappa shape index (κ3) is 4.00. The summed E-state index contributed by atoms with van der Waals surface area (Å²) in [6.07, 6.45) is 5.16. The lowest BCUT2D eigenvalue weighted by atomic mass is 9.79. The molecule has 0 saturated heterocycles. The zero-order valence-corrected chi connectivity index (χ0v) is 10.3. The summed E-state index contributed by atoms with van der Waals surface area (Å²) in [5, 5.41) is 11.3. The molecule has 0 aliphatic heterocycles. The summed E-state index contributed by atoms with van der Waals surface area (Å²) in [4.78, 5) is 22.1. The summed E-state index contributed by atoms with van der Waals surface area (Å²) >= 11 is 0. The van der Waals surface area contributed by atoms with E-state index in [0.29, 0.717) is 13.0 Å². The number of carboxylic acids is 1. The van der Waals surface area contributed by atoms with Gasteiger partial charge in [0.1, 0.15) is 5.60 Å². The van der Waals surface area contributed by atoms with Crippen molar-refractivity contribution in [3.63, 3.8) is 0 Å². The SMILES string of the molecule is COC1(C(=O)NCCCCCC(=O)O)CCC1. The van der Waals surface area contributed by atoms with Gasteiger partial charge in [-0.2, -0.15) is 0 Å². The molecule has 98 valence electrons. The second-order valence-corrected chi connectivity index (χ2v) is 4.51. The van der Waals surface area contributed by atoms with Gasteiger partial charge >= 0.3 is 5.97 Å². The van der Waals surface area contributed by atoms with Crippen molar-refractivity contribution in [2.24, 2.45) is 0 Å². The molecule has 0 radical (unpaired) electrons. The van der Waals surface area contributed by atoms with Gasteiger partial charge in [0.15, 0.2) is 0 Å². The van der Waals surface area contributed by atoms with Crippen LogP contribution in [0.1, 0.15) is 44.9 Å². The van der Waals surface area contributed by atoms with Gasteiger partial charge in [-0.15, -0.1) is 0 Å². The van der Waals surface area contributed by atoms with E-state index in [9.17, 15) is 9.59 Å². The Kier molecular flexibility index (Phi) is 5.41. The first-order valence-corrected chi connectivity index (χ1v) is 6.16. The average Bonchev–Trinajstić information content (AvgIpc) is 2.22. The number of rotatable bonds is 8. The van der Waals surface area contributed by atoms with E-state index in [2.05, 4.69) is 5.32 Å². The van der Waals surface area contributed by atoms with E-state index < -0.39 is 11.6 Å². The number of methoxy groups -OCH3 is 1. The highest BCUT2D eigenvalue weighted by Crippen LogP contribution is 2.35. The van der Waals surface area contributed by atoms with Crippen LogP contribution in [0.5, 0.6) is 0 Å². The first-order chi connectivity index (χ1) is 8.10. The number of carbonyl (C=O) groups excluding carboxylic acids is 1. The van der Waals surface area contributed by atoms with E-state index in [4.69, 9.17) is 9.84 Å². The number of nitrogens with one attached hydrogen (secondary N) is 1. The quantitative estimate of drug-likeness (QED) is 0.630. The van der Waals surface area contributed by atoms with Crippen LogP contribution in [0.15, 0.2) is 0 Å². The Bertz CT molecular complexity index is 268. The van der Waals surface area contributed by atoms with Crippen molar-refractivity contribution in [1.82, 2.24) is 5.32 Å². The summed E-state index contributed by atoms with van der Waals surface area (Å²) in [6.45, 7) is 0.601. The third-order valence-corrected chi connectivity index (χ3v) is 3.32. The van der Waals surface area contributed by atoms with Gasteiger partial charge in [0, 0.05) is 20.1 Å². The number of carbonyl (C=O) groups is 2. The van der Waals surface area contributed by atoms with Crippen molar-refractivity contribution in [3.8, 4) is 0 Å². The summed E-state index contributed by atoms with van der Waals surface area (Å²) in [5.74, 6) is -0.786. The molecule has 5 heteroatoms. The molecule has 0 aromatic heterocycles. The smallest absolute Gasteiger partial charge is 0.303 e. The number of carboxylic acid groups (broad SMARTS) is 1. The molecule has 0 bridgehead atoms. The van der Waals surface area contributed by atoms with E-state index in [0.717, 1.165) is 32.1 Å². The lowest BCUT2D eigenvalue weighted by Crippen LogP contribution is -2.53. The van der Waals surface area contributed by atoms with Crippen molar-refractivity contribution in [2.75, 3.05) is 13.7 Å². The Hall–Kier alpha value is -1.10. The number of unbranched alkanes of at least 4 members (excludes halogenated alkanes) is 2. The van der Waals surface area contributed by atoms with Crippen molar-refractivity contribution in [3.05, 3.63) is 0 Å². The molecule has 1 amide bonds. The third-order valence-electron chi connectivity index (χ3n) is 3.32. The van der Waals surface area contributed by atoms with Gasteiger partial charge in [0.2, 0.25) is 0 Å². The summed E-state index contributed by atoms with van der Waals surface area (Å²) in [6, 6.07) is 0. The number of ether oxygens (including phenoxy) is 1. The van der Waals surface area contributed by atoms with Crippen LogP contribution in [0.25, 0.3) is 0 Å². The number of amides is 1. The molecular formula is C12H21NO4. The van der Waals surface area contributed by atoms with E-state index in [1.165, 1.54) is 0 Å². The molecule has 0 spiro atoms. The fourth-order valence-corrected chi connectivity index (χ4v) is 1.96. The zero-order chi connectivity index (χ0) is 12.7. The van der Waals surface area contributed by atoms with Crippen molar-refractivity contribution >= 4 is 11.9 Å². The molecule has 5 nitrogen and oxygen atoms in total. The largest absolute Gasteiger partial charge is 0.481 e. The fourth-order valence-electron chi connectivity index (χ4n) is 1.96. The van der Waals surface area contributed by atoms with Crippen molar-refractivity contribution in [1.29, 1.82) is 0 Å². The van der Waals surface area contributed by atoms with Crippen molar-refractivity contribution < 1.29 is 19.4 Å². The Labute approximate surface area is 102 Å². The minimum absolute atomic E-state index is 0.0236. The lowest BCUT2D eigenvalue weighted by molar-refractivity contribution is -0.154. The predicted molar refractivity (Wildman–Crippen MR) is 62.7 cm³/mol. The molecule has 17 heavy (non-hydrogen) atoms. The van der Waals surface area contributed by atoms with Gasteiger partial charge < -0.3 is 15.2 Å². The van der Waals surface area contributed by atoms with Crippen LogP contribution in [-0.4, -0.2) is 36.2 Å². The molecule has 1 aliphatic carbocycles. The summed E-state index contributed by atoms with van der Waals surface area (Å²) in [7, 11) is 1.57. The molecule has 0 aromatic carbocycles. The Balaban J connectivity index is 2.06. The molecule has 0 aromatic rings. The lowest BCUT2D eigenvalue weighted by Gasteiger charge is -2.38. The fraction of sp³-hybridized carbons (Fsp3) is 0.833. The van der Waals surface area contributed by atoms with Crippen LogP contribution in [0, 0.1) is 0 Å². The summed E-state index contributed by atoms with van der Waals surface area (Å²) < 4.78 is 5.26. The first kappa shape index (κ1) is 14.0. The van der Waals surface area contributed by atoms with Crippen LogP contribution in [-0.2, 0) is 14.3 Å². The molecule has 1 saturated carbocycles. The zero-order valence-electron chi connectivity index (χ0n) is 10.3. The average molecular weight is 243 g/mol. The minimum Gasteiger partial charge on any atom is -0.481 e. The maximum atomic E-state index is 11.8. The molecule has 0 heterocycles. The van der Waals surface area contributed by atoms with Crippen LogP contribution >= 0.6 is 0 Å². The van der Waals surface area contributed by atoms with Crippen LogP contribution in [0.4, 0.5) is 0 Å². The highest BCUT2D eigenvalue weighted by Gasteiger charge is 2.44. The Morgan fingerprint density at radius 1 is 1.29 bits per heavy atom. The van der Waals surface area contributed by atoms with E-state index in [1.807, 2.05) is 0 Å². The predicted octanol–water partition coefficient (Wildman–Crippen LogP) is 1.32. The maximum Gasteiger partial charge on any atom is 0.303 e. The monoisotopic (exact) mass is 243 g/mol. The van der Waals surface area contributed by atoms with Crippen molar-refractivity contribution in [2.45, 2.75) is 50.5 Å². The van der Waals surface area contributed by atoms with Gasteiger partial charge in [-0.05, 0) is 32.1 Å². The van der Waals surface area contributed by atoms with Gasteiger partial charge in [-0.3, -0.25) is 9.59 Å². The highest BCUT2D eigenvalue weighted by atomic mass is 16.5. The molecule has 1 fully saturated rings. The standard InChI is InChI=1S/C12H21NO4/c1-17-12(7-5-8-12)11(16)13-9-4-2-3-6-10(14)15/h2-9H2,1H3,(H,13,16)(H,14,15). The van der Waals surface area contributed by atoms with Crippen LogP contribution in [0.3, 0.4) is 0 Å². The van der Waals surface area contributed by atoms with E-state index in [-0.39, 0.29) is 12.3 Å². The molecule has 0 unspecified atom stereocenters.